The van der Waals surface area contributed by atoms with E-state index in [1.54, 1.807) is 11.9 Å². The Bertz CT molecular complexity index is 529. The van der Waals surface area contributed by atoms with Gasteiger partial charge in [0.25, 0.3) is 0 Å². The molecule has 2 heterocycles. The second-order valence-corrected chi connectivity index (χ2v) is 5.51. The van der Waals surface area contributed by atoms with E-state index in [9.17, 15) is 4.79 Å². The topological polar surface area (TPSA) is 68.0 Å². The van der Waals surface area contributed by atoms with Crippen molar-refractivity contribution in [3.63, 3.8) is 0 Å². The molecule has 0 aliphatic carbocycles. The minimum Gasteiger partial charge on any atom is -0.489 e. The van der Waals surface area contributed by atoms with Crippen LogP contribution in [0.1, 0.15) is 5.56 Å². The number of ether oxygens (including phenoxy) is 2. The summed E-state index contributed by atoms with van der Waals surface area (Å²) >= 11 is 0. The third-order valence-electron chi connectivity index (χ3n) is 3.96. The van der Waals surface area contributed by atoms with Crippen molar-refractivity contribution in [1.29, 1.82) is 0 Å². The number of rotatable bonds is 2. The van der Waals surface area contributed by atoms with Gasteiger partial charge in [-0.25, -0.2) is 0 Å². The minimum atomic E-state index is -0.606. The lowest BCUT2D eigenvalue weighted by atomic mass is 10.1. The van der Waals surface area contributed by atoms with Gasteiger partial charge in [0.05, 0.1) is 18.9 Å². The molecule has 1 amide bonds. The first-order valence-electron chi connectivity index (χ1n) is 7.24. The fourth-order valence-corrected chi connectivity index (χ4v) is 2.68. The molecule has 21 heavy (non-hydrogen) atoms. The number of hydrogen-bond donors (Lipinski definition) is 1. The Morgan fingerprint density at radius 1 is 1.33 bits per heavy atom. The summed E-state index contributed by atoms with van der Waals surface area (Å²) in [7, 11) is 1.74. The molecule has 0 spiro atoms. The molecule has 0 saturated carbocycles. The number of nitrogens with zero attached hydrogens (tertiary/aromatic N) is 2. The Kier molecular flexibility index (Phi) is 4.10. The highest BCUT2D eigenvalue weighted by atomic mass is 16.5. The summed E-state index contributed by atoms with van der Waals surface area (Å²) in [6.45, 7) is 4.51. The molecule has 1 saturated heterocycles. The molecule has 3 rings (SSSR count). The Hall–Kier alpha value is -1.63. The Labute approximate surface area is 124 Å². The standard InChI is InChI=1S/C15H21N3O3/c1-17-13-8-11(9-18-4-6-20-7-5-18)2-3-14(13)21-10-12(16)15(17)19/h2-3,8,12H,4-7,9-10,16H2,1H3/t12-/m0/s1. The molecule has 0 radical (unpaired) electrons. The normalized spacial score (nSPS) is 23.4. The molecule has 1 aromatic carbocycles. The third kappa shape index (κ3) is 3.02. The van der Waals surface area contributed by atoms with Gasteiger partial charge in [-0.3, -0.25) is 9.69 Å². The number of nitrogens with two attached hydrogens (primary N) is 1. The maximum absolute atomic E-state index is 12.1. The van der Waals surface area contributed by atoms with Crippen LogP contribution in [0.4, 0.5) is 5.69 Å². The summed E-state index contributed by atoms with van der Waals surface area (Å²) < 4.78 is 11.0. The van der Waals surface area contributed by atoms with Crippen LogP contribution in [0.15, 0.2) is 18.2 Å². The molecule has 6 heteroatoms. The molecule has 114 valence electrons. The molecule has 2 aliphatic heterocycles. The molecular formula is C15H21N3O3. The molecule has 0 bridgehead atoms. The van der Waals surface area contributed by atoms with Crippen LogP contribution >= 0.6 is 0 Å². The molecule has 1 fully saturated rings. The number of amides is 1. The van der Waals surface area contributed by atoms with Crippen LogP contribution in [0.25, 0.3) is 0 Å². The van der Waals surface area contributed by atoms with Crippen molar-refractivity contribution in [1.82, 2.24) is 4.90 Å². The lowest BCUT2D eigenvalue weighted by molar-refractivity contribution is -0.119. The van der Waals surface area contributed by atoms with Gasteiger partial charge in [-0.05, 0) is 17.7 Å². The van der Waals surface area contributed by atoms with Crippen LogP contribution in [0.3, 0.4) is 0 Å². The van der Waals surface area contributed by atoms with Crippen LogP contribution in [0.2, 0.25) is 0 Å². The van der Waals surface area contributed by atoms with E-state index in [0.29, 0.717) is 5.75 Å². The van der Waals surface area contributed by atoms with E-state index in [1.165, 1.54) is 0 Å². The van der Waals surface area contributed by atoms with Crippen LogP contribution in [0.5, 0.6) is 5.75 Å². The minimum absolute atomic E-state index is 0.114. The summed E-state index contributed by atoms with van der Waals surface area (Å²) in [5.74, 6) is 0.599. The largest absolute Gasteiger partial charge is 0.489 e. The highest BCUT2D eigenvalue weighted by Crippen LogP contribution is 2.31. The van der Waals surface area contributed by atoms with Crippen molar-refractivity contribution >= 4 is 11.6 Å². The Morgan fingerprint density at radius 2 is 2.10 bits per heavy atom. The first kappa shape index (κ1) is 14.3. The average Bonchev–Trinajstić information content (AvgIpc) is 2.61. The fourth-order valence-electron chi connectivity index (χ4n) is 2.68. The van der Waals surface area contributed by atoms with Crippen molar-refractivity contribution in [3.8, 4) is 5.75 Å². The number of hydrogen-bond acceptors (Lipinski definition) is 5. The van der Waals surface area contributed by atoms with Crippen LogP contribution in [-0.4, -0.2) is 56.8 Å². The van der Waals surface area contributed by atoms with Gasteiger partial charge >= 0.3 is 0 Å². The number of carbonyl (C=O) groups is 1. The molecule has 6 nitrogen and oxygen atoms in total. The van der Waals surface area contributed by atoms with E-state index < -0.39 is 6.04 Å². The smallest absolute Gasteiger partial charge is 0.247 e. The van der Waals surface area contributed by atoms with E-state index >= 15 is 0 Å². The van der Waals surface area contributed by atoms with E-state index in [2.05, 4.69) is 4.90 Å². The Morgan fingerprint density at radius 3 is 2.86 bits per heavy atom. The number of carbonyl (C=O) groups excluding carboxylic acids is 1. The molecular weight excluding hydrogens is 270 g/mol. The van der Waals surface area contributed by atoms with Gasteiger partial charge in [0.1, 0.15) is 18.4 Å². The number of likely N-dealkylation sites (N-methyl/N-ethyl adjacent to an activating group) is 1. The highest BCUT2D eigenvalue weighted by molar-refractivity contribution is 5.98. The van der Waals surface area contributed by atoms with Crippen molar-refractivity contribution in [2.24, 2.45) is 5.73 Å². The van der Waals surface area contributed by atoms with Crippen molar-refractivity contribution in [2.45, 2.75) is 12.6 Å². The zero-order chi connectivity index (χ0) is 14.8. The number of morpholine rings is 1. The van der Waals surface area contributed by atoms with Crippen LogP contribution in [-0.2, 0) is 16.1 Å². The summed E-state index contributed by atoms with van der Waals surface area (Å²) in [6, 6.07) is 5.38. The average molecular weight is 291 g/mol. The predicted molar refractivity (Wildman–Crippen MR) is 79.4 cm³/mol. The molecule has 2 N–H and O–H groups in total. The maximum atomic E-state index is 12.1. The SMILES string of the molecule is CN1C(=O)[C@@H](N)COc2ccc(CN3CCOCC3)cc21. The lowest BCUT2D eigenvalue weighted by Crippen LogP contribution is -2.43. The van der Waals surface area contributed by atoms with Crippen molar-refractivity contribution in [3.05, 3.63) is 23.8 Å². The molecule has 1 aromatic rings. The molecule has 1 atom stereocenters. The van der Waals surface area contributed by atoms with Gasteiger partial charge in [-0.1, -0.05) is 6.07 Å². The van der Waals surface area contributed by atoms with Crippen molar-refractivity contribution < 1.29 is 14.3 Å². The Balaban J connectivity index is 1.81. The molecule has 0 aromatic heterocycles. The first-order valence-corrected chi connectivity index (χ1v) is 7.24. The van der Waals surface area contributed by atoms with Crippen LogP contribution in [0, 0.1) is 0 Å². The molecule has 0 unspecified atom stereocenters. The predicted octanol–water partition coefficient (Wildman–Crippen LogP) is 0.201. The van der Waals surface area contributed by atoms with Crippen LogP contribution < -0.4 is 15.4 Å². The van der Waals surface area contributed by atoms with Gasteiger partial charge in [-0.2, -0.15) is 0 Å². The van der Waals surface area contributed by atoms with E-state index in [1.807, 2.05) is 18.2 Å². The maximum Gasteiger partial charge on any atom is 0.247 e. The quantitative estimate of drug-likeness (QED) is 0.843. The summed E-state index contributed by atoms with van der Waals surface area (Å²) in [5, 5.41) is 0. The highest BCUT2D eigenvalue weighted by Gasteiger charge is 2.26. The summed E-state index contributed by atoms with van der Waals surface area (Å²) in [6.07, 6.45) is 0. The second-order valence-electron chi connectivity index (χ2n) is 5.51. The van der Waals surface area contributed by atoms with E-state index in [4.69, 9.17) is 15.2 Å². The summed E-state index contributed by atoms with van der Waals surface area (Å²) in [4.78, 5) is 16.0. The number of fused-ring (bicyclic) bond motifs is 1. The first-order chi connectivity index (χ1) is 10.1. The van der Waals surface area contributed by atoms with Gasteiger partial charge in [0, 0.05) is 26.7 Å². The van der Waals surface area contributed by atoms with Gasteiger partial charge in [0.2, 0.25) is 5.91 Å². The summed E-state index contributed by atoms with van der Waals surface area (Å²) in [5.41, 5.74) is 7.75. The third-order valence-corrected chi connectivity index (χ3v) is 3.96. The molecule has 2 aliphatic rings. The monoisotopic (exact) mass is 291 g/mol. The van der Waals surface area contributed by atoms with Gasteiger partial charge in [-0.15, -0.1) is 0 Å². The van der Waals surface area contributed by atoms with E-state index in [-0.39, 0.29) is 12.5 Å². The van der Waals surface area contributed by atoms with E-state index in [0.717, 1.165) is 44.1 Å². The zero-order valence-electron chi connectivity index (χ0n) is 12.2. The second kappa shape index (κ2) is 6.01. The lowest BCUT2D eigenvalue weighted by Gasteiger charge is -2.27. The fraction of sp³-hybridized carbons (Fsp3) is 0.533. The van der Waals surface area contributed by atoms with Gasteiger partial charge < -0.3 is 20.1 Å². The number of benzene rings is 1. The van der Waals surface area contributed by atoms with Gasteiger partial charge in [0.15, 0.2) is 0 Å². The zero-order valence-corrected chi connectivity index (χ0v) is 12.2. The number of anilines is 1. The van der Waals surface area contributed by atoms with Crippen molar-refractivity contribution in [2.75, 3.05) is 44.9 Å².